The fraction of sp³-hybridized carbons (Fsp3) is 0.903. The van der Waals surface area contributed by atoms with Crippen molar-refractivity contribution in [2.45, 2.75) is 119 Å². The van der Waals surface area contributed by atoms with Crippen molar-refractivity contribution in [1.82, 2.24) is 0 Å². The third-order valence-corrected chi connectivity index (χ3v) is 13.6. The maximum absolute atomic E-state index is 12.9. The number of hydrogen-bond donors (Lipinski definition) is 3. The summed E-state index contributed by atoms with van der Waals surface area (Å²) < 4.78 is 0. The summed E-state index contributed by atoms with van der Waals surface area (Å²) in [5.74, 6) is 1.02. The third-order valence-electron chi connectivity index (χ3n) is 13.6. The van der Waals surface area contributed by atoms with Gasteiger partial charge in [-0.15, -0.1) is 0 Å². The van der Waals surface area contributed by atoms with Gasteiger partial charge in [0.25, 0.3) is 0 Å². The van der Waals surface area contributed by atoms with Gasteiger partial charge in [-0.05, 0) is 95.7 Å². The summed E-state index contributed by atoms with van der Waals surface area (Å²) in [5.41, 5.74) is 0.206. The molecule has 3 N–H and O–H groups in total. The number of fused-ring (bicyclic) bond motifs is 7. The van der Waals surface area contributed by atoms with Crippen molar-refractivity contribution in [2.24, 2.45) is 56.2 Å². The lowest BCUT2D eigenvalue weighted by atomic mass is 9.32. The average molecular weight is 487 g/mol. The van der Waals surface area contributed by atoms with Gasteiger partial charge in [0.1, 0.15) is 6.29 Å². The molecular weight excluding hydrogens is 436 g/mol. The molecule has 4 fully saturated rings. The smallest absolute Gasteiger partial charge is 0.129 e. The average Bonchev–Trinajstić information content (AvgIpc) is 2.76. The van der Waals surface area contributed by atoms with Crippen LogP contribution in [-0.2, 0) is 4.79 Å². The first-order chi connectivity index (χ1) is 16.0. The Morgan fingerprint density at radius 3 is 2.17 bits per heavy atom. The summed E-state index contributed by atoms with van der Waals surface area (Å²) in [6.45, 7) is 18.3. The Kier molecular flexibility index (Phi) is 5.51. The molecule has 35 heavy (non-hydrogen) atoms. The normalized spacial score (nSPS) is 56.5. The van der Waals surface area contributed by atoms with Gasteiger partial charge in [-0.2, -0.15) is 0 Å². The van der Waals surface area contributed by atoms with E-state index >= 15 is 0 Å². The molecule has 0 unspecified atom stereocenters. The maximum Gasteiger partial charge on any atom is 0.129 e. The third kappa shape index (κ3) is 2.88. The van der Waals surface area contributed by atoms with Gasteiger partial charge in [0.15, 0.2) is 0 Å². The highest BCUT2D eigenvalue weighted by molar-refractivity contribution is 5.65. The molecule has 0 aromatic carbocycles. The maximum atomic E-state index is 12.9. The van der Waals surface area contributed by atoms with E-state index in [1.54, 1.807) is 0 Å². The number of rotatable bonds is 1. The van der Waals surface area contributed by atoms with Crippen molar-refractivity contribution >= 4 is 6.29 Å². The minimum absolute atomic E-state index is 0.00127. The Balaban J connectivity index is 1.64. The van der Waals surface area contributed by atoms with Crippen LogP contribution in [0.15, 0.2) is 11.6 Å². The zero-order valence-corrected chi connectivity index (χ0v) is 23.4. The highest BCUT2D eigenvalue weighted by Crippen LogP contribution is 2.76. The first kappa shape index (κ1) is 25.9. The fourth-order valence-electron chi connectivity index (χ4n) is 11.2. The number of allylic oxidation sites excluding steroid dienone is 2. The highest BCUT2D eigenvalue weighted by Gasteiger charge is 2.71. The van der Waals surface area contributed by atoms with E-state index in [0.717, 1.165) is 51.2 Å². The topological polar surface area (TPSA) is 77.8 Å². The van der Waals surface area contributed by atoms with Crippen LogP contribution in [0.3, 0.4) is 0 Å². The molecule has 0 heterocycles. The molecule has 0 aromatic rings. The number of aliphatic hydroxyl groups excluding tert-OH is 3. The van der Waals surface area contributed by atoms with E-state index in [2.05, 4.69) is 47.6 Å². The molecule has 0 amide bonds. The summed E-state index contributed by atoms with van der Waals surface area (Å²) >= 11 is 0. The summed E-state index contributed by atoms with van der Waals surface area (Å²) in [6, 6.07) is 0. The highest BCUT2D eigenvalue weighted by atomic mass is 16.3. The van der Waals surface area contributed by atoms with Crippen LogP contribution in [-0.4, -0.2) is 39.9 Å². The van der Waals surface area contributed by atoms with Crippen LogP contribution in [0.5, 0.6) is 0 Å². The van der Waals surface area contributed by atoms with E-state index in [-0.39, 0.29) is 39.6 Å². The van der Waals surface area contributed by atoms with Crippen molar-refractivity contribution in [3.8, 4) is 0 Å². The standard InChI is InChI=1S/C31H50O4/c1-18-15-30(8)19(20-16-26(2,3)24(34)25(35)31(18,20)17-32)9-10-22-28(6)13-12-23(33)27(4,5)21(28)11-14-29(22,30)7/h9,17-18,20-25,33-35H,10-16H2,1-8H3/t18-,20-,21-,22-,23+,24+,25+,28+,29-,30-,31-/m1/s1. The second kappa shape index (κ2) is 7.44. The molecule has 4 heteroatoms. The van der Waals surface area contributed by atoms with E-state index in [9.17, 15) is 20.1 Å². The van der Waals surface area contributed by atoms with Crippen LogP contribution in [0.25, 0.3) is 0 Å². The van der Waals surface area contributed by atoms with Crippen LogP contribution in [0.1, 0.15) is 100 Å². The summed E-state index contributed by atoms with van der Waals surface area (Å²) in [4.78, 5) is 12.9. The monoisotopic (exact) mass is 486 g/mol. The zero-order chi connectivity index (χ0) is 26.0. The van der Waals surface area contributed by atoms with Crippen LogP contribution in [0.4, 0.5) is 0 Å². The number of hydrogen-bond acceptors (Lipinski definition) is 4. The SMILES string of the molecule is C[C@@H]1C[C@]2(C)C(=CC[C@@H]3[C@@]4(C)CC[C@H](O)C(C)(C)[C@H]4CC[C@]32C)[C@H]2CC(C)(C)[C@@H](O)[C@H](O)[C@]12C=O. The van der Waals surface area contributed by atoms with Crippen molar-refractivity contribution in [3.05, 3.63) is 11.6 Å². The molecule has 0 bridgehead atoms. The molecule has 0 spiro atoms. The first-order valence-electron chi connectivity index (χ1n) is 14.2. The lowest BCUT2D eigenvalue weighted by Crippen LogP contribution is -2.69. The molecular formula is C31H50O4. The summed E-state index contributed by atoms with van der Waals surface area (Å²) in [7, 11) is 0. The van der Waals surface area contributed by atoms with E-state index in [4.69, 9.17) is 0 Å². The van der Waals surface area contributed by atoms with Gasteiger partial charge in [-0.25, -0.2) is 0 Å². The Morgan fingerprint density at radius 2 is 1.54 bits per heavy atom. The van der Waals surface area contributed by atoms with Gasteiger partial charge in [-0.3, -0.25) is 0 Å². The van der Waals surface area contributed by atoms with Crippen molar-refractivity contribution in [2.75, 3.05) is 0 Å². The van der Waals surface area contributed by atoms with Crippen molar-refractivity contribution in [1.29, 1.82) is 0 Å². The minimum Gasteiger partial charge on any atom is -0.393 e. The van der Waals surface area contributed by atoms with Gasteiger partial charge in [0.05, 0.1) is 23.7 Å². The molecule has 0 aromatic heterocycles. The van der Waals surface area contributed by atoms with Gasteiger partial charge in [0.2, 0.25) is 0 Å². The summed E-state index contributed by atoms with van der Waals surface area (Å²) in [6.07, 6.45) is 8.20. The molecule has 0 radical (unpaired) electrons. The molecule has 11 atom stereocenters. The molecule has 5 aliphatic carbocycles. The van der Waals surface area contributed by atoms with Crippen LogP contribution < -0.4 is 0 Å². The van der Waals surface area contributed by atoms with E-state index in [1.165, 1.54) is 5.57 Å². The van der Waals surface area contributed by atoms with Gasteiger partial charge in [-0.1, -0.05) is 67.0 Å². The molecule has 0 aliphatic heterocycles. The molecule has 4 saturated carbocycles. The fourth-order valence-corrected chi connectivity index (χ4v) is 11.2. The van der Waals surface area contributed by atoms with E-state index in [0.29, 0.717) is 11.8 Å². The van der Waals surface area contributed by atoms with Crippen molar-refractivity contribution < 1.29 is 20.1 Å². The minimum atomic E-state index is -1.03. The first-order valence-corrected chi connectivity index (χ1v) is 14.2. The molecule has 198 valence electrons. The second-order valence-electron chi connectivity index (χ2n) is 15.5. The van der Waals surface area contributed by atoms with Crippen LogP contribution >= 0.6 is 0 Å². The zero-order valence-electron chi connectivity index (χ0n) is 23.4. The van der Waals surface area contributed by atoms with Crippen LogP contribution in [0, 0.1) is 56.2 Å². The van der Waals surface area contributed by atoms with E-state index in [1.807, 2.05) is 13.8 Å². The second-order valence-corrected chi connectivity index (χ2v) is 15.5. The quantitative estimate of drug-likeness (QED) is 0.336. The molecule has 0 saturated heterocycles. The lowest BCUT2D eigenvalue weighted by molar-refractivity contribution is -0.227. The lowest BCUT2D eigenvalue weighted by Gasteiger charge is -2.72. The van der Waals surface area contributed by atoms with Gasteiger partial charge in [0, 0.05) is 0 Å². The molecule has 5 rings (SSSR count). The Hall–Kier alpha value is -0.710. The predicted molar refractivity (Wildman–Crippen MR) is 138 cm³/mol. The van der Waals surface area contributed by atoms with Gasteiger partial charge < -0.3 is 20.1 Å². The Bertz CT molecular complexity index is 936. The van der Waals surface area contributed by atoms with Gasteiger partial charge >= 0.3 is 0 Å². The Morgan fingerprint density at radius 1 is 0.886 bits per heavy atom. The van der Waals surface area contributed by atoms with Crippen LogP contribution in [0.2, 0.25) is 0 Å². The number of carbonyl (C=O) groups is 1. The predicted octanol–water partition coefficient (Wildman–Crippen LogP) is 5.54. The largest absolute Gasteiger partial charge is 0.393 e. The molecule has 4 nitrogen and oxygen atoms in total. The number of carbonyl (C=O) groups excluding carboxylic acids is 1. The number of aliphatic hydroxyl groups is 3. The number of aldehydes is 1. The Labute approximate surface area is 213 Å². The summed E-state index contributed by atoms with van der Waals surface area (Å²) in [5, 5.41) is 33.4. The van der Waals surface area contributed by atoms with E-state index < -0.39 is 23.0 Å². The molecule has 5 aliphatic rings. The van der Waals surface area contributed by atoms with Crippen molar-refractivity contribution in [3.63, 3.8) is 0 Å².